The summed E-state index contributed by atoms with van der Waals surface area (Å²) in [6, 6.07) is 8.16. The Bertz CT molecular complexity index is 730. The summed E-state index contributed by atoms with van der Waals surface area (Å²) in [5.41, 5.74) is 3.48. The van der Waals surface area contributed by atoms with Crippen molar-refractivity contribution in [3.05, 3.63) is 47.2 Å². The number of aryl methyl sites for hydroxylation is 1. The number of unbranched alkanes of at least 4 members (excludes halogenated alkanes) is 1. The average molecular weight is 457 g/mol. The van der Waals surface area contributed by atoms with E-state index in [1.54, 1.807) is 0 Å². The number of nitrogens with zero attached hydrogens (tertiary/aromatic N) is 2. The number of allylic oxidation sites excluding steroid dienone is 1. The van der Waals surface area contributed by atoms with Crippen molar-refractivity contribution < 1.29 is 9.59 Å². The molecule has 1 atom stereocenters. The van der Waals surface area contributed by atoms with Gasteiger partial charge >= 0.3 is 0 Å². The Kier molecular flexibility index (Phi) is 13.1. The summed E-state index contributed by atoms with van der Waals surface area (Å²) in [5.74, 6) is 0.144. The van der Waals surface area contributed by atoms with Gasteiger partial charge in [0.25, 0.3) is 5.91 Å². The molecule has 3 rings (SSSR count). The number of benzene rings is 1. The smallest absolute Gasteiger partial charge is 0.253 e. The number of hydrogen-bond donors (Lipinski definition) is 0. The van der Waals surface area contributed by atoms with Crippen LogP contribution in [0, 0.1) is 5.41 Å². The first-order chi connectivity index (χ1) is 16.0. The van der Waals surface area contributed by atoms with Crippen LogP contribution >= 0.6 is 0 Å². The number of aldehydes is 1. The van der Waals surface area contributed by atoms with Crippen LogP contribution in [-0.4, -0.2) is 47.7 Å². The summed E-state index contributed by atoms with van der Waals surface area (Å²) in [7, 11) is 0. The predicted molar refractivity (Wildman–Crippen MR) is 141 cm³/mol. The third-order valence-corrected chi connectivity index (χ3v) is 6.68. The van der Waals surface area contributed by atoms with Gasteiger partial charge in [-0.1, -0.05) is 73.1 Å². The first-order valence-corrected chi connectivity index (χ1v) is 13.3. The van der Waals surface area contributed by atoms with E-state index in [-0.39, 0.29) is 17.4 Å². The molecule has 0 bridgehead atoms. The highest BCUT2D eigenvalue weighted by Crippen LogP contribution is 2.43. The summed E-state index contributed by atoms with van der Waals surface area (Å²) in [6.45, 7) is 17.1. The summed E-state index contributed by atoms with van der Waals surface area (Å²) in [5, 5.41) is 0. The van der Waals surface area contributed by atoms with Crippen LogP contribution < -0.4 is 0 Å². The van der Waals surface area contributed by atoms with E-state index in [2.05, 4.69) is 43.9 Å². The molecule has 0 aliphatic carbocycles. The molecule has 33 heavy (non-hydrogen) atoms. The lowest BCUT2D eigenvalue weighted by Crippen LogP contribution is -2.46. The van der Waals surface area contributed by atoms with Crippen LogP contribution in [0.2, 0.25) is 0 Å². The fraction of sp³-hybridized carbons (Fsp3) is 0.655. The van der Waals surface area contributed by atoms with E-state index in [4.69, 9.17) is 0 Å². The monoisotopic (exact) mass is 456 g/mol. The van der Waals surface area contributed by atoms with Gasteiger partial charge in [-0.25, -0.2) is 0 Å². The van der Waals surface area contributed by atoms with Crippen molar-refractivity contribution >= 4 is 12.2 Å². The molecule has 0 N–H and O–H groups in total. The molecule has 186 valence electrons. The fourth-order valence-corrected chi connectivity index (χ4v) is 4.74. The van der Waals surface area contributed by atoms with Crippen LogP contribution in [0.15, 0.2) is 36.0 Å². The maximum absolute atomic E-state index is 13.0. The van der Waals surface area contributed by atoms with Crippen molar-refractivity contribution in [1.82, 2.24) is 9.80 Å². The number of carbonyl (C=O) groups excluding carboxylic acids is 2. The maximum atomic E-state index is 13.0. The first kappa shape index (κ1) is 28.9. The number of amides is 1. The number of rotatable bonds is 8. The van der Waals surface area contributed by atoms with E-state index in [0.29, 0.717) is 0 Å². The summed E-state index contributed by atoms with van der Waals surface area (Å²) < 4.78 is 0. The Morgan fingerprint density at radius 3 is 2.15 bits per heavy atom. The van der Waals surface area contributed by atoms with Gasteiger partial charge in [-0.2, -0.15) is 0 Å². The molecule has 1 saturated heterocycles. The molecular weight excluding hydrogens is 408 g/mol. The van der Waals surface area contributed by atoms with Crippen LogP contribution in [0.3, 0.4) is 0 Å². The van der Waals surface area contributed by atoms with Crippen molar-refractivity contribution in [1.29, 1.82) is 0 Å². The molecule has 1 aromatic carbocycles. The Hall–Kier alpha value is -2.10. The third-order valence-electron chi connectivity index (χ3n) is 6.68. The molecule has 0 spiro atoms. The molecule has 0 aromatic heterocycles. The zero-order valence-electron chi connectivity index (χ0n) is 22.3. The van der Waals surface area contributed by atoms with Crippen LogP contribution in [0.1, 0.15) is 103 Å². The van der Waals surface area contributed by atoms with Crippen molar-refractivity contribution in [2.45, 2.75) is 99.5 Å². The lowest BCUT2D eigenvalue weighted by atomic mass is 9.77. The van der Waals surface area contributed by atoms with Gasteiger partial charge in [0.2, 0.25) is 0 Å². The second kappa shape index (κ2) is 14.9. The van der Waals surface area contributed by atoms with Crippen molar-refractivity contribution in [3.8, 4) is 0 Å². The van der Waals surface area contributed by atoms with Crippen molar-refractivity contribution in [2.24, 2.45) is 5.41 Å². The minimum absolute atomic E-state index is 0.00680. The van der Waals surface area contributed by atoms with E-state index in [0.717, 1.165) is 63.6 Å². The zero-order chi connectivity index (χ0) is 24.9. The topological polar surface area (TPSA) is 40.6 Å². The van der Waals surface area contributed by atoms with Gasteiger partial charge in [-0.3, -0.25) is 4.79 Å². The predicted octanol–water partition coefficient (Wildman–Crippen LogP) is 6.89. The SMILES string of the molecule is CC.CC.CCCCc1ccc(C(=O)N2CCC(C)(C3=CCC(C=O)N3CCC)CC2)cc1. The standard InChI is InChI=1S/C25H36N2O2.2C2H6/c1-4-6-7-20-8-10-21(11-9-20)24(29)26-17-14-25(3,15-18-26)23-13-12-22(19-28)27(23)16-5-2;2*1-2/h8-11,13,19,22H,4-7,12,14-18H2,1-3H3;2*1-2H3. The van der Waals surface area contributed by atoms with Gasteiger partial charge in [-0.05, 0) is 56.2 Å². The fourth-order valence-electron chi connectivity index (χ4n) is 4.74. The molecule has 4 nitrogen and oxygen atoms in total. The lowest BCUT2D eigenvalue weighted by Gasteiger charge is -2.44. The summed E-state index contributed by atoms with van der Waals surface area (Å²) >= 11 is 0. The highest BCUT2D eigenvalue weighted by molar-refractivity contribution is 5.94. The van der Waals surface area contributed by atoms with Crippen molar-refractivity contribution in [2.75, 3.05) is 19.6 Å². The summed E-state index contributed by atoms with van der Waals surface area (Å²) in [6.07, 6.45) is 10.6. The van der Waals surface area contributed by atoms with Gasteiger partial charge in [0.05, 0.1) is 6.04 Å². The van der Waals surface area contributed by atoms with Crippen LogP contribution in [0.25, 0.3) is 0 Å². The average Bonchev–Trinajstić information content (AvgIpc) is 3.29. The van der Waals surface area contributed by atoms with E-state index in [1.807, 2.05) is 44.7 Å². The first-order valence-electron chi connectivity index (χ1n) is 13.3. The minimum atomic E-state index is -0.00680. The van der Waals surface area contributed by atoms with E-state index < -0.39 is 0 Å². The summed E-state index contributed by atoms with van der Waals surface area (Å²) in [4.78, 5) is 28.8. The highest BCUT2D eigenvalue weighted by atomic mass is 16.2. The highest BCUT2D eigenvalue weighted by Gasteiger charge is 2.40. The Balaban J connectivity index is 0.00000129. The van der Waals surface area contributed by atoms with E-state index in [9.17, 15) is 9.59 Å². The quantitative estimate of drug-likeness (QED) is 0.400. The van der Waals surface area contributed by atoms with E-state index >= 15 is 0 Å². The Morgan fingerprint density at radius 2 is 1.64 bits per heavy atom. The molecule has 0 radical (unpaired) electrons. The van der Waals surface area contributed by atoms with Gasteiger partial charge in [0.1, 0.15) is 6.29 Å². The molecule has 1 unspecified atom stereocenters. The molecular formula is C29H48N2O2. The van der Waals surface area contributed by atoms with Crippen LogP contribution in [-0.2, 0) is 11.2 Å². The zero-order valence-corrected chi connectivity index (χ0v) is 22.3. The molecule has 2 aliphatic rings. The van der Waals surface area contributed by atoms with Gasteiger partial charge in [-0.15, -0.1) is 0 Å². The molecule has 4 heteroatoms. The number of carbonyl (C=O) groups is 2. The largest absolute Gasteiger partial charge is 0.365 e. The maximum Gasteiger partial charge on any atom is 0.253 e. The molecule has 1 amide bonds. The molecule has 2 heterocycles. The third kappa shape index (κ3) is 7.45. The van der Waals surface area contributed by atoms with Crippen LogP contribution in [0.5, 0.6) is 0 Å². The molecule has 1 fully saturated rings. The minimum Gasteiger partial charge on any atom is -0.365 e. The Morgan fingerprint density at radius 1 is 1.03 bits per heavy atom. The second-order valence-corrected chi connectivity index (χ2v) is 8.88. The van der Waals surface area contributed by atoms with Crippen molar-refractivity contribution in [3.63, 3.8) is 0 Å². The molecule has 1 aromatic rings. The second-order valence-electron chi connectivity index (χ2n) is 8.88. The van der Waals surface area contributed by atoms with Crippen LogP contribution in [0.4, 0.5) is 0 Å². The number of piperidine rings is 1. The molecule has 2 aliphatic heterocycles. The van der Waals surface area contributed by atoms with E-state index in [1.165, 1.54) is 24.1 Å². The number of hydrogen-bond acceptors (Lipinski definition) is 3. The lowest BCUT2D eigenvalue weighted by molar-refractivity contribution is -0.111. The van der Waals surface area contributed by atoms with Gasteiger partial charge < -0.3 is 14.6 Å². The molecule has 0 saturated carbocycles. The van der Waals surface area contributed by atoms with Gasteiger partial charge in [0.15, 0.2) is 0 Å². The Labute approximate surface area is 203 Å². The number of likely N-dealkylation sites (tertiary alicyclic amines) is 1. The normalized spacial score (nSPS) is 19.0. The van der Waals surface area contributed by atoms with Gasteiger partial charge in [0, 0.05) is 36.3 Å².